The molecule has 0 aliphatic carbocycles. The number of rotatable bonds is 7. The molecule has 0 bridgehead atoms. The summed E-state index contributed by atoms with van der Waals surface area (Å²) >= 11 is 1.55. The number of hydrazone groups is 1. The Morgan fingerprint density at radius 2 is 1.72 bits per heavy atom. The zero-order chi connectivity index (χ0) is 20.6. The molecule has 0 radical (unpaired) electrons. The van der Waals surface area contributed by atoms with E-state index in [1.807, 2.05) is 37.3 Å². The third-order valence-corrected chi connectivity index (χ3v) is 5.27. The third kappa shape index (κ3) is 6.19. The van der Waals surface area contributed by atoms with Gasteiger partial charge in [-0.25, -0.2) is 5.43 Å². The predicted molar refractivity (Wildman–Crippen MR) is 121 cm³/mol. The molecule has 0 aliphatic heterocycles. The van der Waals surface area contributed by atoms with Gasteiger partial charge in [-0.3, -0.25) is 9.59 Å². The minimum absolute atomic E-state index is 0.131. The van der Waals surface area contributed by atoms with Crippen molar-refractivity contribution in [2.24, 2.45) is 5.10 Å². The largest absolute Gasteiger partial charge is 0.326 e. The lowest BCUT2D eigenvalue weighted by Crippen LogP contribution is -2.21. The van der Waals surface area contributed by atoms with E-state index in [1.165, 1.54) is 23.3 Å². The first-order valence-electron chi connectivity index (χ1n) is 9.28. The monoisotopic (exact) mass is 405 g/mol. The fourth-order valence-corrected chi connectivity index (χ4v) is 3.63. The molecule has 148 valence electrons. The SMILES string of the molecule is CC(=O)Nc1cccc(/C(C)=N\NC(=O)CSCc2ccc3ccccc3c2)c1. The van der Waals surface area contributed by atoms with Crippen LogP contribution in [0.4, 0.5) is 5.69 Å². The van der Waals surface area contributed by atoms with Crippen molar-refractivity contribution < 1.29 is 9.59 Å². The molecular formula is C23H23N3O2S. The van der Waals surface area contributed by atoms with Gasteiger partial charge in [-0.05, 0) is 41.0 Å². The number of nitrogens with one attached hydrogen (secondary N) is 2. The molecule has 3 aromatic rings. The van der Waals surface area contributed by atoms with Gasteiger partial charge in [0.05, 0.1) is 11.5 Å². The molecule has 6 heteroatoms. The van der Waals surface area contributed by atoms with Crippen LogP contribution in [0.2, 0.25) is 0 Å². The molecule has 3 rings (SSSR count). The highest BCUT2D eigenvalue weighted by Gasteiger charge is 2.04. The Hall–Kier alpha value is -3.12. The van der Waals surface area contributed by atoms with Crippen molar-refractivity contribution in [3.05, 3.63) is 77.9 Å². The highest BCUT2D eigenvalue weighted by Crippen LogP contribution is 2.19. The van der Waals surface area contributed by atoms with E-state index in [2.05, 4.69) is 46.2 Å². The number of benzene rings is 3. The van der Waals surface area contributed by atoms with Crippen molar-refractivity contribution in [3.63, 3.8) is 0 Å². The number of fused-ring (bicyclic) bond motifs is 1. The Morgan fingerprint density at radius 3 is 2.52 bits per heavy atom. The molecule has 0 aliphatic rings. The van der Waals surface area contributed by atoms with E-state index in [-0.39, 0.29) is 11.8 Å². The van der Waals surface area contributed by atoms with Gasteiger partial charge in [0.1, 0.15) is 0 Å². The Morgan fingerprint density at radius 1 is 0.931 bits per heavy atom. The Bertz CT molecular complexity index is 1060. The van der Waals surface area contributed by atoms with E-state index in [4.69, 9.17) is 0 Å². The van der Waals surface area contributed by atoms with Crippen molar-refractivity contribution >= 4 is 45.7 Å². The molecule has 2 N–H and O–H groups in total. The normalized spacial score (nSPS) is 11.3. The molecule has 0 unspecified atom stereocenters. The van der Waals surface area contributed by atoms with Gasteiger partial charge in [0.15, 0.2) is 0 Å². The van der Waals surface area contributed by atoms with Crippen LogP contribution in [-0.4, -0.2) is 23.3 Å². The first-order valence-corrected chi connectivity index (χ1v) is 10.4. The summed E-state index contributed by atoms with van der Waals surface area (Å²) in [5, 5.41) is 9.33. The van der Waals surface area contributed by atoms with Crippen molar-refractivity contribution in [2.75, 3.05) is 11.1 Å². The molecule has 0 heterocycles. The van der Waals surface area contributed by atoms with Crippen molar-refractivity contribution in [1.82, 2.24) is 5.43 Å². The molecule has 0 atom stereocenters. The Labute approximate surface area is 174 Å². The first kappa shape index (κ1) is 20.6. The van der Waals surface area contributed by atoms with E-state index in [0.29, 0.717) is 17.2 Å². The number of carbonyl (C=O) groups excluding carboxylic acids is 2. The molecule has 0 aromatic heterocycles. The minimum Gasteiger partial charge on any atom is -0.326 e. The molecule has 0 fully saturated rings. The van der Waals surface area contributed by atoms with Crippen LogP contribution >= 0.6 is 11.8 Å². The second-order valence-electron chi connectivity index (χ2n) is 6.67. The van der Waals surface area contributed by atoms with Crippen molar-refractivity contribution in [1.29, 1.82) is 0 Å². The van der Waals surface area contributed by atoms with Crippen LogP contribution < -0.4 is 10.7 Å². The first-order chi connectivity index (χ1) is 14.0. The van der Waals surface area contributed by atoms with Crippen LogP contribution in [0.5, 0.6) is 0 Å². The average Bonchev–Trinajstić information content (AvgIpc) is 2.71. The second kappa shape index (κ2) is 9.89. The summed E-state index contributed by atoms with van der Waals surface area (Å²) in [5.41, 5.74) is 5.99. The number of anilines is 1. The van der Waals surface area contributed by atoms with Gasteiger partial charge in [-0.2, -0.15) is 5.10 Å². The lowest BCUT2D eigenvalue weighted by Gasteiger charge is -2.06. The van der Waals surface area contributed by atoms with Crippen LogP contribution in [0.25, 0.3) is 10.8 Å². The van der Waals surface area contributed by atoms with Crippen LogP contribution in [0, 0.1) is 0 Å². The fraction of sp³-hybridized carbons (Fsp3) is 0.174. The van der Waals surface area contributed by atoms with Crippen molar-refractivity contribution in [3.8, 4) is 0 Å². The number of nitrogens with zero attached hydrogens (tertiary/aromatic N) is 1. The Kier molecular flexibility index (Phi) is 7.03. The zero-order valence-electron chi connectivity index (χ0n) is 16.4. The lowest BCUT2D eigenvalue weighted by atomic mass is 10.1. The van der Waals surface area contributed by atoms with Gasteiger partial charge in [0.2, 0.25) is 11.8 Å². The maximum absolute atomic E-state index is 12.1. The topological polar surface area (TPSA) is 70.6 Å². The highest BCUT2D eigenvalue weighted by molar-refractivity contribution is 7.99. The summed E-state index contributed by atoms with van der Waals surface area (Å²) in [6.45, 7) is 3.28. The molecule has 2 amide bonds. The predicted octanol–water partition coefficient (Wildman–Crippen LogP) is 4.57. The van der Waals surface area contributed by atoms with E-state index < -0.39 is 0 Å². The van der Waals surface area contributed by atoms with E-state index in [9.17, 15) is 9.59 Å². The van der Waals surface area contributed by atoms with E-state index >= 15 is 0 Å². The number of thioether (sulfide) groups is 1. The van der Waals surface area contributed by atoms with Crippen LogP contribution in [0.3, 0.4) is 0 Å². The number of hydrogen-bond donors (Lipinski definition) is 2. The summed E-state index contributed by atoms with van der Waals surface area (Å²) in [5.74, 6) is 0.816. The second-order valence-corrected chi connectivity index (χ2v) is 7.65. The molecule has 3 aromatic carbocycles. The molecule has 0 saturated heterocycles. The van der Waals surface area contributed by atoms with Gasteiger partial charge in [-0.1, -0.05) is 54.6 Å². The average molecular weight is 406 g/mol. The van der Waals surface area contributed by atoms with Crippen LogP contribution in [-0.2, 0) is 15.3 Å². The molecule has 5 nitrogen and oxygen atoms in total. The molecule has 0 spiro atoms. The lowest BCUT2D eigenvalue weighted by molar-refractivity contribution is -0.118. The van der Waals surface area contributed by atoms with Gasteiger partial charge in [0, 0.05) is 18.4 Å². The van der Waals surface area contributed by atoms with E-state index in [0.717, 1.165) is 11.3 Å². The number of hydrogen-bond acceptors (Lipinski definition) is 4. The number of amides is 2. The minimum atomic E-state index is -0.145. The van der Waals surface area contributed by atoms with Gasteiger partial charge < -0.3 is 5.32 Å². The van der Waals surface area contributed by atoms with Crippen molar-refractivity contribution in [2.45, 2.75) is 19.6 Å². The summed E-state index contributed by atoms with van der Waals surface area (Å²) in [6, 6.07) is 21.9. The molecular weight excluding hydrogens is 382 g/mol. The molecule has 29 heavy (non-hydrogen) atoms. The Balaban J connectivity index is 1.50. The number of carbonyl (C=O) groups is 2. The summed E-state index contributed by atoms with van der Waals surface area (Å²) in [4.78, 5) is 23.3. The highest BCUT2D eigenvalue weighted by atomic mass is 32.2. The zero-order valence-corrected chi connectivity index (χ0v) is 17.3. The summed E-state index contributed by atoms with van der Waals surface area (Å²) < 4.78 is 0. The smallest absolute Gasteiger partial charge is 0.250 e. The van der Waals surface area contributed by atoms with Crippen LogP contribution in [0.15, 0.2) is 71.8 Å². The standard InChI is InChI=1S/C23H23N3O2S/c1-16(20-8-5-9-22(13-20)24-17(2)27)25-26-23(28)15-29-14-18-10-11-19-6-3-4-7-21(19)12-18/h3-13H,14-15H2,1-2H3,(H,24,27)(H,26,28)/b25-16-. The summed E-state index contributed by atoms with van der Waals surface area (Å²) in [7, 11) is 0. The maximum Gasteiger partial charge on any atom is 0.250 e. The van der Waals surface area contributed by atoms with Gasteiger partial charge >= 0.3 is 0 Å². The van der Waals surface area contributed by atoms with Gasteiger partial charge in [0.25, 0.3) is 0 Å². The third-order valence-electron chi connectivity index (χ3n) is 4.26. The molecule has 0 saturated carbocycles. The van der Waals surface area contributed by atoms with Gasteiger partial charge in [-0.15, -0.1) is 11.8 Å². The van der Waals surface area contributed by atoms with Crippen LogP contribution in [0.1, 0.15) is 25.0 Å². The quantitative estimate of drug-likeness (QED) is 0.447. The summed E-state index contributed by atoms with van der Waals surface area (Å²) in [6.07, 6.45) is 0. The fourth-order valence-electron chi connectivity index (χ4n) is 2.86. The van der Waals surface area contributed by atoms with E-state index in [1.54, 1.807) is 17.8 Å². The maximum atomic E-state index is 12.1.